The van der Waals surface area contributed by atoms with Crippen LogP contribution in [-0.2, 0) is 25.6 Å². The second-order valence-electron chi connectivity index (χ2n) is 17.4. The number of nitrogens with two attached hydrogens (primary N) is 1. The van der Waals surface area contributed by atoms with Gasteiger partial charge in [-0.05, 0) is 85.4 Å². The Bertz CT molecular complexity index is 1410. The minimum Gasteiger partial charge on any atom is -0.481 e. The van der Waals surface area contributed by atoms with Gasteiger partial charge >= 0.3 is 5.97 Å². The molecule has 2 saturated heterocycles. The van der Waals surface area contributed by atoms with E-state index >= 15 is 0 Å². The molecule has 2 spiro atoms. The maximum atomic E-state index is 13.3. The maximum Gasteiger partial charge on any atom is 0.307 e. The van der Waals surface area contributed by atoms with Crippen LogP contribution in [0.2, 0.25) is 0 Å². The number of hydrogen-bond acceptors (Lipinski definition) is 7. The number of rotatable bonds is 8. The van der Waals surface area contributed by atoms with E-state index in [1.807, 2.05) is 14.0 Å². The Morgan fingerprint density at radius 1 is 1.13 bits per heavy atom. The number of allylic oxidation sites excluding steroid dienone is 1. The van der Waals surface area contributed by atoms with Crippen LogP contribution in [-0.4, -0.2) is 47.6 Å². The summed E-state index contributed by atoms with van der Waals surface area (Å²) in [6.07, 6.45) is 8.34. The van der Waals surface area contributed by atoms with E-state index in [2.05, 4.69) is 59.9 Å². The van der Waals surface area contributed by atoms with Gasteiger partial charge in [-0.2, -0.15) is 0 Å². The van der Waals surface area contributed by atoms with Crippen molar-refractivity contribution < 1.29 is 24.1 Å². The molecule has 1 aromatic rings. The number of aromatic nitrogens is 1. The Labute approximate surface area is 274 Å². The molecule has 7 aliphatic rings. The van der Waals surface area contributed by atoms with Crippen LogP contribution in [0.1, 0.15) is 111 Å². The molecule has 6 fully saturated rings. The molecule has 1 aromatic heterocycles. The zero-order chi connectivity index (χ0) is 32.5. The fraction of sp³-hybridized carbons (Fsp3) is 0.838. The standard InChI is InChI=1S/C37H56N2O5S/c1-20(2)21(3)32(5)14-15-34(7)24-10-11-26-33(6)19-44-37(18-36(26,37)25(24)12-13-35(34,8)27(32)31(40)41)29(42-9)28(33)43-16-23-17-45-30(39-23)22(4)38/h12,17,20-22,24,26-29H,10-11,13-16,18-19,38H2,1-9H3,(H,40,41)/t21-,22+,24+,26?,27-,28?,29+,32-,33?,34-,35+,36?,37?/m1/s1. The van der Waals surface area contributed by atoms with E-state index in [-0.39, 0.29) is 56.8 Å². The summed E-state index contributed by atoms with van der Waals surface area (Å²) in [7, 11) is 1.82. The highest BCUT2D eigenvalue weighted by Gasteiger charge is 2.88. The normalized spacial score (nSPS) is 49.3. The molecule has 45 heavy (non-hydrogen) atoms. The number of ether oxygens (including phenoxy) is 3. The van der Waals surface area contributed by atoms with Crippen molar-refractivity contribution in [2.24, 2.45) is 62.4 Å². The van der Waals surface area contributed by atoms with Gasteiger partial charge in [-0.1, -0.05) is 60.1 Å². The molecular weight excluding hydrogens is 584 g/mol. The van der Waals surface area contributed by atoms with Gasteiger partial charge < -0.3 is 25.1 Å². The van der Waals surface area contributed by atoms with E-state index in [1.54, 1.807) is 16.9 Å². The molecule has 0 radical (unpaired) electrons. The minimum atomic E-state index is -0.606. The highest BCUT2D eigenvalue weighted by Crippen LogP contribution is 2.85. The van der Waals surface area contributed by atoms with Gasteiger partial charge in [0.1, 0.15) is 16.7 Å². The topological polar surface area (TPSA) is 104 Å². The van der Waals surface area contributed by atoms with E-state index in [9.17, 15) is 9.90 Å². The van der Waals surface area contributed by atoms with Crippen molar-refractivity contribution in [3.63, 3.8) is 0 Å². The number of fused-ring (bicyclic) bond motifs is 5. The van der Waals surface area contributed by atoms with Crippen LogP contribution in [0.4, 0.5) is 0 Å². The lowest BCUT2D eigenvalue weighted by Crippen LogP contribution is -2.71. The van der Waals surface area contributed by atoms with Gasteiger partial charge in [0.25, 0.3) is 0 Å². The van der Waals surface area contributed by atoms with Crippen molar-refractivity contribution >= 4 is 17.3 Å². The number of methoxy groups -OCH3 is 1. The number of nitrogens with zero attached hydrogens (tertiary/aromatic N) is 1. The van der Waals surface area contributed by atoms with Crippen LogP contribution in [0, 0.1) is 56.7 Å². The Hall–Kier alpha value is -1.32. The smallest absolute Gasteiger partial charge is 0.307 e. The molecule has 250 valence electrons. The summed E-state index contributed by atoms with van der Waals surface area (Å²) in [4.78, 5) is 18.1. The third-order valence-corrected chi connectivity index (χ3v) is 16.5. The number of carboxylic acid groups (broad SMARTS) is 1. The molecule has 0 aromatic carbocycles. The summed E-state index contributed by atoms with van der Waals surface area (Å²) in [5.74, 6) is 0.608. The first-order valence-electron chi connectivity index (χ1n) is 17.5. The van der Waals surface area contributed by atoms with Crippen LogP contribution >= 0.6 is 11.3 Å². The molecule has 5 aliphatic carbocycles. The first-order valence-corrected chi connectivity index (χ1v) is 18.4. The van der Waals surface area contributed by atoms with Crippen molar-refractivity contribution in [3.8, 4) is 0 Å². The summed E-state index contributed by atoms with van der Waals surface area (Å²) in [6, 6.07) is -0.0805. The van der Waals surface area contributed by atoms with Crippen LogP contribution < -0.4 is 5.73 Å². The van der Waals surface area contributed by atoms with Crippen molar-refractivity contribution in [1.82, 2.24) is 4.98 Å². The number of carbonyl (C=O) groups is 1. The minimum absolute atomic E-state index is 0.0543. The maximum absolute atomic E-state index is 13.3. The molecule has 2 bridgehead atoms. The van der Waals surface area contributed by atoms with Crippen LogP contribution in [0.3, 0.4) is 0 Å². The molecule has 4 saturated carbocycles. The molecule has 8 rings (SSSR count). The van der Waals surface area contributed by atoms with Crippen LogP contribution in [0.15, 0.2) is 17.0 Å². The average molecular weight is 641 g/mol. The second-order valence-corrected chi connectivity index (χ2v) is 18.3. The lowest BCUT2D eigenvalue weighted by molar-refractivity contribution is -0.304. The van der Waals surface area contributed by atoms with Gasteiger partial charge in [-0.15, -0.1) is 11.3 Å². The second kappa shape index (κ2) is 10.1. The fourth-order valence-corrected chi connectivity index (χ4v) is 13.3. The number of aliphatic carboxylic acids is 1. The lowest BCUT2D eigenvalue weighted by atomic mass is 9.35. The third kappa shape index (κ3) is 3.84. The summed E-state index contributed by atoms with van der Waals surface area (Å²) in [5.41, 5.74) is 7.33. The first-order chi connectivity index (χ1) is 21.1. The molecule has 7 nitrogen and oxygen atoms in total. The first kappa shape index (κ1) is 32.2. The molecule has 3 heterocycles. The third-order valence-electron chi connectivity index (χ3n) is 15.4. The van der Waals surface area contributed by atoms with Crippen molar-refractivity contribution in [3.05, 3.63) is 27.7 Å². The SMILES string of the molecule is CO[C@H]1C(OCc2csc([C@H](C)N)n2)C2(C)COC13CC31C3=CC[C@@]4(C)[C@H](C(=O)O)[C@@](C)([C@H](C)C(C)C)CC[C@]4(C)[C@H]3CCC21. The Morgan fingerprint density at radius 2 is 1.87 bits per heavy atom. The Morgan fingerprint density at radius 3 is 2.49 bits per heavy atom. The highest BCUT2D eigenvalue weighted by molar-refractivity contribution is 7.09. The summed E-state index contributed by atoms with van der Waals surface area (Å²) < 4.78 is 20.1. The molecule has 8 heteroatoms. The summed E-state index contributed by atoms with van der Waals surface area (Å²) in [6.45, 7) is 19.4. The Kier molecular flexibility index (Phi) is 7.24. The quantitative estimate of drug-likeness (QED) is 0.285. The van der Waals surface area contributed by atoms with E-state index in [4.69, 9.17) is 24.9 Å². The predicted molar refractivity (Wildman–Crippen MR) is 176 cm³/mol. The van der Waals surface area contributed by atoms with E-state index in [1.165, 1.54) is 0 Å². The van der Waals surface area contributed by atoms with Gasteiger partial charge in [0.15, 0.2) is 0 Å². The van der Waals surface area contributed by atoms with Gasteiger partial charge in [0.05, 0.1) is 37.0 Å². The molecule has 2 aliphatic heterocycles. The van der Waals surface area contributed by atoms with E-state index in [0.717, 1.165) is 49.2 Å². The molecule has 3 N–H and O–H groups in total. The highest BCUT2D eigenvalue weighted by atomic mass is 32.1. The van der Waals surface area contributed by atoms with Crippen molar-refractivity contribution in [2.45, 2.75) is 124 Å². The zero-order valence-corrected chi connectivity index (χ0v) is 29.8. The van der Waals surface area contributed by atoms with E-state index < -0.39 is 5.97 Å². The fourth-order valence-electron chi connectivity index (χ4n) is 12.6. The van der Waals surface area contributed by atoms with Crippen molar-refractivity contribution in [2.75, 3.05) is 13.7 Å². The van der Waals surface area contributed by atoms with Gasteiger partial charge in [-0.3, -0.25) is 4.79 Å². The molecular formula is C37H56N2O5S. The number of carboxylic acids is 1. The van der Waals surface area contributed by atoms with E-state index in [0.29, 0.717) is 36.9 Å². The lowest BCUT2D eigenvalue weighted by Gasteiger charge is -2.69. The van der Waals surface area contributed by atoms with Crippen molar-refractivity contribution in [1.29, 1.82) is 0 Å². The van der Waals surface area contributed by atoms with Crippen LogP contribution in [0.25, 0.3) is 0 Å². The van der Waals surface area contributed by atoms with Crippen LogP contribution in [0.5, 0.6) is 0 Å². The number of hydrogen-bond donors (Lipinski definition) is 2. The van der Waals surface area contributed by atoms with Gasteiger partial charge in [0, 0.05) is 23.3 Å². The van der Waals surface area contributed by atoms with Gasteiger partial charge in [-0.25, -0.2) is 4.98 Å². The Balaban J connectivity index is 1.24. The molecule has 5 unspecified atom stereocenters. The summed E-state index contributed by atoms with van der Waals surface area (Å²) in [5, 5.41) is 14.0. The largest absolute Gasteiger partial charge is 0.481 e. The summed E-state index contributed by atoms with van der Waals surface area (Å²) >= 11 is 1.60. The van der Waals surface area contributed by atoms with Gasteiger partial charge in [0.2, 0.25) is 0 Å². The monoisotopic (exact) mass is 640 g/mol. The molecule has 13 atom stereocenters. The number of thiazole rings is 1. The average Bonchev–Trinajstić information content (AvgIpc) is 3.40. The predicted octanol–water partition coefficient (Wildman–Crippen LogP) is 7.40. The zero-order valence-electron chi connectivity index (χ0n) is 28.9. The molecule has 0 amide bonds.